The van der Waals surface area contributed by atoms with Crippen molar-refractivity contribution in [1.82, 2.24) is 9.97 Å². The molecule has 24 heavy (non-hydrogen) atoms. The molecular weight excluding hydrogens is 346 g/mol. The highest BCUT2D eigenvalue weighted by Gasteiger charge is 2.14. The molecule has 0 saturated carbocycles. The van der Waals surface area contributed by atoms with E-state index < -0.39 is 0 Å². The Hall–Kier alpha value is -2.18. The van der Waals surface area contributed by atoms with Crippen molar-refractivity contribution in [3.05, 3.63) is 46.6 Å². The molecule has 1 N–H and O–H groups in total. The van der Waals surface area contributed by atoms with E-state index in [-0.39, 0.29) is 12.0 Å². The number of ether oxygens (including phenoxy) is 1. The van der Waals surface area contributed by atoms with E-state index >= 15 is 0 Å². The lowest BCUT2D eigenvalue weighted by Crippen LogP contribution is -2.13. The number of carbonyl (C=O) groups is 1. The summed E-state index contributed by atoms with van der Waals surface area (Å²) in [6.07, 6.45) is 1.40. The molecule has 5 nitrogen and oxygen atoms in total. The predicted octanol–water partition coefficient (Wildman–Crippen LogP) is 4.69. The molecule has 0 spiro atoms. The summed E-state index contributed by atoms with van der Waals surface area (Å²) in [6, 6.07) is 7.48. The van der Waals surface area contributed by atoms with E-state index in [1.807, 2.05) is 39.0 Å². The maximum Gasteiger partial charge on any atom is 0.259 e. The van der Waals surface area contributed by atoms with Gasteiger partial charge >= 0.3 is 0 Å². The summed E-state index contributed by atoms with van der Waals surface area (Å²) >= 11 is 7.55. The number of fused-ring (bicyclic) bond motifs is 1. The summed E-state index contributed by atoms with van der Waals surface area (Å²) in [4.78, 5) is 20.9. The molecule has 1 aromatic carbocycles. The minimum Gasteiger partial charge on any atom is -0.474 e. The van der Waals surface area contributed by atoms with Crippen LogP contribution in [-0.4, -0.2) is 22.0 Å². The minimum absolute atomic E-state index is 0.0411. The second-order valence-corrected chi connectivity index (χ2v) is 7.01. The van der Waals surface area contributed by atoms with Crippen LogP contribution in [-0.2, 0) is 0 Å². The highest BCUT2D eigenvalue weighted by atomic mass is 35.5. The average Bonchev–Trinajstić information content (AvgIpc) is 2.93. The Morgan fingerprint density at radius 2 is 2.17 bits per heavy atom. The molecule has 2 heterocycles. The Morgan fingerprint density at radius 3 is 2.83 bits per heavy atom. The number of nitrogens with one attached hydrogen (secondary N) is 1. The molecular formula is C17H16ClN3O2S. The van der Waals surface area contributed by atoms with E-state index in [9.17, 15) is 4.79 Å². The lowest BCUT2D eigenvalue weighted by molar-refractivity contribution is 0.102. The quantitative estimate of drug-likeness (QED) is 0.732. The Morgan fingerprint density at radius 1 is 1.38 bits per heavy atom. The van der Waals surface area contributed by atoms with Crippen LogP contribution in [0.3, 0.4) is 0 Å². The van der Waals surface area contributed by atoms with Crippen LogP contribution < -0.4 is 10.1 Å². The summed E-state index contributed by atoms with van der Waals surface area (Å²) in [5.74, 6) is 0.0102. The fraction of sp³-hybridized carbons (Fsp3) is 0.235. The molecule has 0 unspecified atom stereocenters. The third-order valence-corrected chi connectivity index (χ3v) is 4.46. The summed E-state index contributed by atoms with van der Waals surface area (Å²) in [6.45, 7) is 5.76. The monoisotopic (exact) mass is 361 g/mol. The molecule has 124 valence electrons. The second-order valence-electron chi connectivity index (χ2n) is 5.57. The number of hydrogen-bond donors (Lipinski definition) is 1. The molecule has 3 rings (SSSR count). The fourth-order valence-electron chi connectivity index (χ4n) is 2.17. The van der Waals surface area contributed by atoms with Crippen LogP contribution in [0.15, 0.2) is 30.5 Å². The molecule has 0 atom stereocenters. The first kappa shape index (κ1) is 16.7. The molecule has 7 heteroatoms. The lowest BCUT2D eigenvalue weighted by atomic mass is 10.2. The van der Waals surface area contributed by atoms with Gasteiger partial charge in [-0.15, -0.1) is 0 Å². The van der Waals surface area contributed by atoms with Crippen molar-refractivity contribution in [2.75, 3.05) is 5.32 Å². The molecule has 0 fully saturated rings. The third-order valence-electron chi connectivity index (χ3n) is 3.26. The van der Waals surface area contributed by atoms with E-state index in [4.69, 9.17) is 16.3 Å². The second kappa shape index (κ2) is 6.75. The summed E-state index contributed by atoms with van der Waals surface area (Å²) in [7, 11) is 0. The van der Waals surface area contributed by atoms with Crippen molar-refractivity contribution in [1.29, 1.82) is 0 Å². The van der Waals surface area contributed by atoms with Crippen LogP contribution in [0, 0.1) is 6.92 Å². The molecule has 3 aromatic rings. The number of benzene rings is 1. The molecule has 1 amide bonds. The number of hydrogen-bond acceptors (Lipinski definition) is 5. The summed E-state index contributed by atoms with van der Waals surface area (Å²) < 4.78 is 6.50. The van der Waals surface area contributed by atoms with E-state index in [0.29, 0.717) is 21.6 Å². The van der Waals surface area contributed by atoms with Gasteiger partial charge < -0.3 is 4.74 Å². The first-order valence-corrected chi connectivity index (χ1v) is 8.63. The lowest BCUT2D eigenvalue weighted by Gasteiger charge is -2.10. The standard InChI is InChI=1S/C17H16ClN3O2S/c1-9(2)23-16-12(18)7-11(8-19-16)15(22)21-17-20-14-10(3)5-4-6-13(14)24-17/h4-9H,1-3H3,(H,20,21,22). The van der Waals surface area contributed by atoms with Gasteiger partial charge in [0.2, 0.25) is 5.88 Å². The third kappa shape index (κ3) is 3.49. The van der Waals surface area contributed by atoms with Crippen LogP contribution in [0.5, 0.6) is 5.88 Å². The smallest absolute Gasteiger partial charge is 0.259 e. The van der Waals surface area contributed by atoms with Gasteiger partial charge in [0.1, 0.15) is 5.02 Å². The van der Waals surface area contributed by atoms with Gasteiger partial charge in [0.15, 0.2) is 5.13 Å². The van der Waals surface area contributed by atoms with Crippen molar-refractivity contribution >= 4 is 44.2 Å². The Kier molecular flexibility index (Phi) is 4.69. The van der Waals surface area contributed by atoms with Crippen LogP contribution in [0.1, 0.15) is 29.8 Å². The van der Waals surface area contributed by atoms with Gasteiger partial charge in [0.25, 0.3) is 5.91 Å². The minimum atomic E-state index is -0.308. The number of para-hydroxylation sites is 1. The largest absolute Gasteiger partial charge is 0.474 e. The number of carbonyl (C=O) groups excluding carboxylic acids is 1. The van der Waals surface area contributed by atoms with E-state index in [0.717, 1.165) is 15.8 Å². The number of aryl methyl sites for hydroxylation is 1. The number of amides is 1. The molecule has 0 bridgehead atoms. The summed E-state index contributed by atoms with van der Waals surface area (Å²) in [5, 5.41) is 3.64. The zero-order valence-electron chi connectivity index (χ0n) is 13.5. The van der Waals surface area contributed by atoms with Gasteiger partial charge in [-0.3, -0.25) is 10.1 Å². The predicted molar refractivity (Wildman–Crippen MR) is 97.3 cm³/mol. The first-order chi connectivity index (χ1) is 11.4. The number of halogens is 1. The van der Waals surface area contributed by atoms with Gasteiger partial charge in [-0.1, -0.05) is 35.1 Å². The topological polar surface area (TPSA) is 64.1 Å². The highest BCUT2D eigenvalue weighted by molar-refractivity contribution is 7.22. The van der Waals surface area contributed by atoms with Crippen molar-refractivity contribution in [3.8, 4) is 5.88 Å². The maximum atomic E-state index is 12.4. The highest BCUT2D eigenvalue weighted by Crippen LogP contribution is 2.29. The number of rotatable bonds is 4. The van der Waals surface area contributed by atoms with Gasteiger partial charge in [-0.05, 0) is 38.5 Å². The van der Waals surface area contributed by atoms with Gasteiger partial charge in [0.05, 0.1) is 21.9 Å². The van der Waals surface area contributed by atoms with Crippen LogP contribution >= 0.6 is 22.9 Å². The normalized spacial score (nSPS) is 11.0. The Bertz CT molecular complexity index is 908. The molecule has 0 aliphatic rings. The van der Waals surface area contributed by atoms with Crippen molar-refractivity contribution in [2.45, 2.75) is 26.9 Å². The van der Waals surface area contributed by atoms with Crippen LogP contribution in [0.4, 0.5) is 5.13 Å². The van der Waals surface area contributed by atoms with Crippen molar-refractivity contribution in [3.63, 3.8) is 0 Å². The van der Waals surface area contributed by atoms with Crippen LogP contribution in [0.2, 0.25) is 5.02 Å². The van der Waals surface area contributed by atoms with Crippen molar-refractivity contribution in [2.24, 2.45) is 0 Å². The van der Waals surface area contributed by atoms with Crippen molar-refractivity contribution < 1.29 is 9.53 Å². The summed E-state index contributed by atoms with van der Waals surface area (Å²) in [5.41, 5.74) is 2.32. The SMILES string of the molecule is Cc1cccc2sc(NC(=O)c3cnc(OC(C)C)c(Cl)c3)nc12. The molecule has 2 aromatic heterocycles. The van der Waals surface area contributed by atoms with Crippen LogP contribution in [0.25, 0.3) is 10.2 Å². The molecule has 0 aliphatic carbocycles. The zero-order valence-corrected chi connectivity index (χ0v) is 15.0. The Balaban J connectivity index is 1.81. The molecule has 0 aliphatic heterocycles. The average molecular weight is 362 g/mol. The zero-order chi connectivity index (χ0) is 17.3. The van der Waals surface area contributed by atoms with Gasteiger partial charge in [0, 0.05) is 6.20 Å². The van der Waals surface area contributed by atoms with E-state index in [1.54, 1.807) is 6.07 Å². The molecule has 0 saturated heterocycles. The number of thiazole rings is 1. The Labute approximate surface area is 148 Å². The number of aromatic nitrogens is 2. The number of pyridine rings is 1. The van der Waals surface area contributed by atoms with E-state index in [1.165, 1.54) is 17.5 Å². The molecule has 0 radical (unpaired) electrons. The van der Waals surface area contributed by atoms with Gasteiger partial charge in [-0.2, -0.15) is 0 Å². The number of nitrogens with zero attached hydrogens (tertiary/aromatic N) is 2. The fourth-order valence-corrected chi connectivity index (χ4v) is 3.32. The maximum absolute atomic E-state index is 12.4. The first-order valence-electron chi connectivity index (χ1n) is 7.43. The number of anilines is 1. The van der Waals surface area contributed by atoms with Gasteiger partial charge in [-0.25, -0.2) is 9.97 Å². The van der Waals surface area contributed by atoms with E-state index in [2.05, 4.69) is 15.3 Å².